The highest BCUT2D eigenvalue weighted by Crippen LogP contribution is 2.42. The molecule has 19 heavy (non-hydrogen) atoms. The van der Waals surface area contributed by atoms with Gasteiger partial charge < -0.3 is 10.4 Å². The van der Waals surface area contributed by atoms with Crippen molar-refractivity contribution in [2.45, 2.75) is 26.8 Å². The molecule has 0 amide bonds. The molecule has 1 atom stereocenters. The summed E-state index contributed by atoms with van der Waals surface area (Å²) in [5.41, 5.74) is 1.11. The summed E-state index contributed by atoms with van der Waals surface area (Å²) in [7, 11) is 0. The highest BCUT2D eigenvalue weighted by atomic mass is 79.9. The highest BCUT2D eigenvalue weighted by molar-refractivity contribution is 9.10. The number of hydrogen-bond donors (Lipinski definition) is 2. The summed E-state index contributed by atoms with van der Waals surface area (Å²) in [5, 5.41) is 13.7. The Labute approximate surface area is 124 Å². The van der Waals surface area contributed by atoms with Gasteiger partial charge in [-0.3, -0.25) is 4.90 Å². The van der Waals surface area contributed by atoms with E-state index >= 15 is 0 Å². The molecule has 1 fully saturated rings. The van der Waals surface area contributed by atoms with Gasteiger partial charge in [-0.15, -0.1) is 0 Å². The standard InChI is InChI=1S/C15H23BrN2O/c1-15(2,3)14(18-8-6-17-7-9-18)12-5-4-11(16)10-13(12)19/h4-5,10,14,17,19H,6-9H2,1-3H3/t14-/m1/s1. The SMILES string of the molecule is CC(C)(C)[C@@H](c1ccc(Br)cc1O)N1CCNCC1. The van der Waals surface area contributed by atoms with Crippen LogP contribution in [-0.4, -0.2) is 36.2 Å². The van der Waals surface area contributed by atoms with Gasteiger partial charge in [0.2, 0.25) is 0 Å². The Bertz CT molecular complexity index is 436. The predicted molar refractivity (Wildman–Crippen MR) is 82.4 cm³/mol. The van der Waals surface area contributed by atoms with Crippen LogP contribution in [0, 0.1) is 5.41 Å². The third-order valence-corrected chi connectivity index (χ3v) is 4.12. The largest absolute Gasteiger partial charge is 0.508 e. The third-order valence-electron chi connectivity index (χ3n) is 3.62. The van der Waals surface area contributed by atoms with E-state index in [-0.39, 0.29) is 11.5 Å². The molecule has 1 aromatic carbocycles. The van der Waals surface area contributed by atoms with Gasteiger partial charge in [-0.25, -0.2) is 0 Å². The maximum Gasteiger partial charge on any atom is 0.121 e. The molecule has 0 aliphatic carbocycles. The average molecular weight is 327 g/mol. The lowest BCUT2D eigenvalue weighted by molar-refractivity contribution is 0.0842. The Morgan fingerprint density at radius 2 is 1.89 bits per heavy atom. The first-order valence-corrected chi connectivity index (χ1v) is 7.62. The monoisotopic (exact) mass is 326 g/mol. The quantitative estimate of drug-likeness (QED) is 0.876. The van der Waals surface area contributed by atoms with Crippen LogP contribution in [0.2, 0.25) is 0 Å². The van der Waals surface area contributed by atoms with Crippen LogP contribution in [0.1, 0.15) is 32.4 Å². The van der Waals surface area contributed by atoms with Crippen molar-refractivity contribution in [3.63, 3.8) is 0 Å². The summed E-state index contributed by atoms with van der Waals surface area (Å²) < 4.78 is 0.918. The number of phenols is 1. The summed E-state index contributed by atoms with van der Waals surface area (Å²) in [6.45, 7) is 10.8. The minimum atomic E-state index is 0.0860. The molecule has 0 unspecified atom stereocenters. The molecule has 1 aliphatic rings. The van der Waals surface area contributed by atoms with E-state index in [0.717, 1.165) is 36.2 Å². The first kappa shape index (κ1) is 14.8. The van der Waals surface area contributed by atoms with E-state index in [9.17, 15) is 5.11 Å². The second-order valence-corrected chi connectivity index (χ2v) is 7.17. The number of nitrogens with zero attached hydrogens (tertiary/aromatic N) is 1. The summed E-state index contributed by atoms with van der Waals surface area (Å²) in [5.74, 6) is 0.382. The van der Waals surface area contributed by atoms with E-state index in [4.69, 9.17) is 0 Å². The van der Waals surface area contributed by atoms with Gasteiger partial charge in [0.15, 0.2) is 0 Å². The molecule has 4 heteroatoms. The molecule has 2 N–H and O–H groups in total. The number of halogens is 1. The van der Waals surface area contributed by atoms with Gasteiger partial charge >= 0.3 is 0 Å². The van der Waals surface area contributed by atoms with Gasteiger partial charge in [0.25, 0.3) is 0 Å². The maximum absolute atomic E-state index is 10.3. The summed E-state index contributed by atoms with van der Waals surface area (Å²) in [6.07, 6.45) is 0. The van der Waals surface area contributed by atoms with Gasteiger partial charge in [-0.05, 0) is 17.5 Å². The Morgan fingerprint density at radius 1 is 1.26 bits per heavy atom. The van der Waals surface area contributed by atoms with E-state index in [1.165, 1.54) is 0 Å². The normalized spacial score (nSPS) is 19.4. The van der Waals surface area contributed by atoms with E-state index in [2.05, 4.69) is 46.9 Å². The van der Waals surface area contributed by atoms with Crippen LogP contribution >= 0.6 is 15.9 Å². The number of piperazine rings is 1. The van der Waals surface area contributed by atoms with Crippen LogP contribution < -0.4 is 5.32 Å². The number of aromatic hydroxyl groups is 1. The van der Waals surface area contributed by atoms with Crippen LogP contribution in [0.25, 0.3) is 0 Å². The van der Waals surface area contributed by atoms with Gasteiger partial charge in [-0.1, -0.05) is 42.8 Å². The van der Waals surface area contributed by atoms with Crippen molar-refractivity contribution >= 4 is 15.9 Å². The molecule has 106 valence electrons. The fraction of sp³-hybridized carbons (Fsp3) is 0.600. The Balaban J connectivity index is 2.36. The average Bonchev–Trinajstić information content (AvgIpc) is 2.32. The molecule has 1 aliphatic heterocycles. The minimum absolute atomic E-state index is 0.0860. The predicted octanol–water partition coefficient (Wildman–Crippen LogP) is 3.15. The second-order valence-electron chi connectivity index (χ2n) is 6.26. The van der Waals surface area contributed by atoms with Crippen molar-refractivity contribution < 1.29 is 5.11 Å². The molecule has 3 nitrogen and oxygen atoms in total. The molecule has 2 rings (SSSR count). The zero-order valence-electron chi connectivity index (χ0n) is 11.9. The molecule has 0 bridgehead atoms. The molecule has 0 aromatic heterocycles. The number of nitrogens with one attached hydrogen (secondary N) is 1. The smallest absolute Gasteiger partial charge is 0.121 e. The molecule has 1 saturated heterocycles. The zero-order valence-corrected chi connectivity index (χ0v) is 13.5. The fourth-order valence-electron chi connectivity index (χ4n) is 2.90. The topological polar surface area (TPSA) is 35.5 Å². The summed E-state index contributed by atoms with van der Waals surface area (Å²) in [6, 6.07) is 6.08. The minimum Gasteiger partial charge on any atom is -0.508 e. The number of rotatable bonds is 2. The van der Waals surface area contributed by atoms with E-state index in [1.54, 1.807) is 6.07 Å². The lowest BCUT2D eigenvalue weighted by Crippen LogP contribution is -2.48. The molecular weight excluding hydrogens is 304 g/mol. The molecule has 1 heterocycles. The molecule has 0 spiro atoms. The lowest BCUT2D eigenvalue weighted by atomic mass is 9.80. The van der Waals surface area contributed by atoms with E-state index < -0.39 is 0 Å². The molecule has 0 radical (unpaired) electrons. The zero-order chi connectivity index (χ0) is 14.0. The lowest BCUT2D eigenvalue weighted by Gasteiger charge is -2.42. The Hall–Kier alpha value is -0.580. The summed E-state index contributed by atoms with van der Waals surface area (Å²) in [4.78, 5) is 2.47. The van der Waals surface area contributed by atoms with Crippen LogP contribution in [-0.2, 0) is 0 Å². The van der Waals surface area contributed by atoms with E-state index in [0.29, 0.717) is 5.75 Å². The van der Waals surface area contributed by atoms with Crippen molar-refractivity contribution in [2.75, 3.05) is 26.2 Å². The summed E-state index contributed by atoms with van der Waals surface area (Å²) >= 11 is 3.41. The van der Waals surface area contributed by atoms with Crippen LogP contribution in [0.3, 0.4) is 0 Å². The molecule has 1 aromatic rings. The van der Waals surface area contributed by atoms with Crippen molar-refractivity contribution in [2.24, 2.45) is 5.41 Å². The Morgan fingerprint density at radius 3 is 2.42 bits per heavy atom. The van der Waals surface area contributed by atoms with Crippen molar-refractivity contribution in [3.8, 4) is 5.75 Å². The van der Waals surface area contributed by atoms with Crippen molar-refractivity contribution in [1.82, 2.24) is 10.2 Å². The van der Waals surface area contributed by atoms with Gasteiger partial charge in [0.1, 0.15) is 5.75 Å². The Kier molecular flexibility index (Phi) is 4.54. The van der Waals surface area contributed by atoms with Crippen molar-refractivity contribution in [3.05, 3.63) is 28.2 Å². The first-order chi connectivity index (χ1) is 8.89. The number of hydrogen-bond acceptors (Lipinski definition) is 3. The first-order valence-electron chi connectivity index (χ1n) is 6.83. The van der Waals surface area contributed by atoms with Crippen LogP contribution in [0.15, 0.2) is 22.7 Å². The second kappa shape index (κ2) is 5.81. The maximum atomic E-state index is 10.3. The number of phenolic OH excluding ortho intramolecular Hbond substituents is 1. The highest BCUT2D eigenvalue weighted by Gasteiger charge is 2.34. The van der Waals surface area contributed by atoms with Crippen LogP contribution in [0.4, 0.5) is 0 Å². The van der Waals surface area contributed by atoms with Gasteiger partial charge in [-0.2, -0.15) is 0 Å². The van der Waals surface area contributed by atoms with Gasteiger partial charge in [0.05, 0.1) is 0 Å². The molecule has 0 saturated carbocycles. The van der Waals surface area contributed by atoms with Crippen molar-refractivity contribution in [1.29, 1.82) is 0 Å². The number of benzene rings is 1. The van der Waals surface area contributed by atoms with Crippen LogP contribution in [0.5, 0.6) is 5.75 Å². The van der Waals surface area contributed by atoms with E-state index in [1.807, 2.05) is 12.1 Å². The third kappa shape index (κ3) is 3.50. The fourth-order valence-corrected chi connectivity index (χ4v) is 3.25. The molecular formula is C15H23BrN2O. The van der Waals surface area contributed by atoms with Gasteiger partial charge in [0, 0.05) is 42.3 Å².